The van der Waals surface area contributed by atoms with Crippen molar-refractivity contribution >= 4 is 28.5 Å². The fourth-order valence-corrected chi connectivity index (χ4v) is 4.38. The first-order valence-electron chi connectivity index (χ1n) is 10.7. The third-order valence-corrected chi connectivity index (χ3v) is 5.81. The van der Waals surface area contributed by atoms with Crippen LogP contribution in [0.1, 0.15) is 45.6 Å². The summed E-state index contributed by atoms with van der Waals surface area (Å²) in [5, 5.41) is 8.36. The number of hydrogen-bond acceptors (Lipinski definition) is 6. The Morgan fingerprint density at radius 3 is 2.68 bits per heavy atom. The van der Waals surface area contributed by atoms with Gasteiger partial charge in [-0.05, 0) is 45.1 Å². The first kappa shape index (κ1) is 23.2. The van der Waals surface area contributed by atoms with Crippen molar-refractivity contribution in [3.05, 3.63) is 47.5 Å². The number of nitrogens with zero attached hydrogens (tertiary/aromatic N) is 2. The topological polar surface area (TPSA) is 83.6 Å². The molecule has 2 atom stereocenters. The van der Waals surface area contributed by atoms with Crippen molar-refractivity contribution in [2.45, 2.75) is 58.2 Å². The van der Waals surface area contributed by atoms with E-state index in [0.29, 0.717) is 11.6 Å². The molecule has 0 radical (unpaired) electrons. The van der Waals surface area contributed by atoms with E-state index in [1.165, 1.54) is 16.9 Å². The number of aromatic nitrogens is 1. The molecule has 1 fully saturated rings. The minimum Gasteiger partial charge on any atom is -0.444 e. The van der Waals surface area contributed by atoms with Gasteiger partial charge in [0, 0.05) is 43.7 Å². The number of ether oxygens (including phenoxy) is 1. The van der Waals surface area contributed by atoms with Gasteiger partial charge in [0.25, 0.3) is 0 Å². The van der Waals surface area contributed by atoms with Gasteiger partial charge in [0.2, 0.25) is 5.91 Å². The molecule has 8 heteroatoms. The van der Waals surface area contributed by atoms with Crippen molar-refractivity contribution in [1.82, 2.24) is 15.2 Å². The Morgan fingerprint density at radius 1 is 1.23 bits per heavy atom. The average Bonchev–Trinajstić information content (AvgIpc) is 3.31. The van der Waals surface area contributed by atoms with Crippen LogP contribution < -0.4 is 10.6 Å². The van der Waals surface area contributed by atoms with E-state index >= 15 is 0 Å². The van der Waals surface area contributed by atoms with Gasteiger partial charge in [-0.2, -0.15) is 0 Å². The molecule has 2 N–H and O–H groups in total. The zero-order chi connectivity index (χ0) is 22.3. The van der Waals surface area contributed by atoms with E-state index < -0.39 is 5.60 Å². The quantitative estimate of drug-likeness (QED) is 0.635. The molecule has 0 unspecified atom stereocenters. The Labute approximate surface area is 188 Å². The van der Waals surface area contributed by atoms with Crippen molar-refractivity contribution in [3.8, 4) is 0 Å². The molecule has 1 saturated heterocycles. The molecule has 1 aliphatic rings. The maximum absolute atomic E-state index is 12.4. The molecule has 168 valence electrons. The van der Waals surface area contributed by atoms with Crippen molar-refractivity contribution in [1.29, 1.82) is 0 Å². The van der Waals surface area contributed by atoms with Crippen molar-refractivity contribution in [2.75, 3.05) is 18.4 Å². The first-order valence-corrected chi connectivity index (χ1v) is 11.6. The number of hydrogen-bond donors (Lipinski definition) is 2. The van der Waals surface area contributed by atoms with Crippen LogP contribution >= 0.6 is 11.3 Å². The summed E-state index contributed by atoms with van der Waals surface area (Å²) in [6.45, 7) is 8.08. The van der Waals surface area contributed by atoms with Crippen LogP contribution in [0.15, 0.2) is 41.9 Å². The normalized spacial score (nSPS) is 19.2. The molecule has 1 aliphatic heterocycles. The number of likely N-dealkylation sites (tertiary alicyclic amines) is 1. The average molecular weight is 445 g/mol. The molecule has 2 amide bonds. The fraction of sp³-hybridized carbons (Fsp3) is 0.522. The Kier molecular flexibility index (Phi) is 8.03. The van der Waals surface area contributed by atoms with Crippen molar-refractivity contribution in [3.63, 3.8) is 0 Å². The molecule has 7 nitrogen and oxygen atoms in total. The number of amides is 2. The number of thiazole rings is 1. The highest BCUT2D eigenvalue weighted by molar-refractivity contribution is 7.13. The summed E-state index contributed by atoms with van der Waals surface area (Å²) < 4.78 is 5.46. The van der Waals surface area contributed by atoms with E-state index in [4.69, 9.17) is 4.74 Å². The Hall–Kier alpha value is -2.45. The summed E-state index contributed by atoms with van der Waals surface area (Å²) in [6, 6.07) is 10.3. The molecule has 0 saturated carbocycles. The van der Waals surface area contributed by atoms with Gasteiger partial charge < -0.3 is 15.4 Å². The highest BCUT2D eigenvalue weighted by Gasteiger charge is 2.34. The highest BCUT2D eigenvalue weighted by atomic mass is 32.1. The van der Waals surface area contributed by atoms with Crippen LogP contribution in [0.25, 0.3) is 0 Å². The lowest BCUT2D eigenvalue weighted by Crippen LogP contribution is -2.43. The third kappa shape index (κ3) is 7.95. The van der Waals surface area contributed by atoms with Crippen LogP contribution in [-0.2, 0) is 16.1 Å². The second-order valence-corrected chi connectivity index (χ2v) is 9.86. The highest BCUT2D eigenvalue weighted by Crippen LogP contribution is 2.25. The van der Waals surface area contributed by atoms with Gasteiger partial charge in [-0.25, -0.2) is 9.78 Å². The summed E-state index contributed by atoms with van der Waals surface area (Å²) in [4.78, 5) is 31.0. The number of nitrogens with one attached hydrogen (secondary N) is 2. The molecule has 2 heterocycles. The second kappa shape index (κ2) is 10.7. The molecule has 1 aromatic heterocycles. The lowest BCUT2D eigenvalue weighted by Gasteiger charge is -2.24. The van der Waals surface area contributed by atoms with Crippen LogP contribution in [-0.4, -0.2) is 46.6 Å². The Morgan fingerprint density at radius 2 is 2.00 bits per heavy atom. The smallest absolute Gasteiger partial charge is 0.407 e. The molecule has 0 bridgehead atoms. The molecular weight excluding hydrogens is 412 g/mol. The largest absolute Gasteiger partial charge is 0.444 e. The summed E-state index contributed by atoms with van der Waals surface area (Å²) >= 11 is 1.41. The van der Waals surface area contributed by atoms with Gasteiger partial charge >= 0.3 is 6.09 Å². The summed E-state index contributed by atoms with van der Waals surface area (Å²) in [7, 11) is 0. The first-order chi connectivity index (χ1) is 14.8. The minimum absolute atomic E-state index is 0.000543. The number of carbonyl (C=O) groups is 2. The predicted molar refractivity (Wildman–Crippen MR) is 123 cm³/mol. The summed E-state index contributed by atoms with van der Waals surface area (Å²) in [6.07, 6.45) is 3.34. The minimum atomic E-state index is -0.532. The van der Waals surface area contributed by atoms with Gasteiger partial charge in [0.05, 0.1) is 0 Å². The van der Waals surface area contributed by atoms with Gasteiger partial charge in [0.1, 0.15) is 5.60 Å². The van der Waals surface area contributed by atoms with E-state index in [0.717, 1.165) is 32.5 Å². The molecule has 1 aromatic carbocycles. The van der Waals surface area contributed by atoms with Crippen molar-refractivity contribution in [2.24, 2.45) is 5.92 Å². The predicted octanol–water partition coefficient (Wildman–Crippen LogP) is 4.28. The zero-order valence-electron chi connectivity index (χ0n) is 18.5. The number of rotatable bonds is 8. The van der Waals surface area contributed by atoms with Crippen LogP contribution in [0.4, 0.5) is 9.93 Å². The van der Waals surface area contributed by atoms with E-state index in [2.05, 4.69) is 32.7 Å². The maximum atomic E-state index is 12.4. The van der Waals surface area contributed by atoms with E-state index in [-0.39, 0.29) is 24.0 Å². The van der Waals surface area contributed by atoms with Gasteiger partial charge in [0.15, 0.2) is 5.13 Å². The van der Waals surface area contributed by atoms with E-state index in [1.807, 2.05) is 44.4 Å². The van der Waals surface area contributed by atoms with Crippen LogP contribution in [0.2, 0.25) is 0 Å². The monoisotopic (exact) mass is 444 g/mol. The maximum Gasteiger partial charge on any atom is 0.407 e. The zero-order valence-corrected chi connectivity index (χ0v) is 19.3. The molecule has 31 heavy (non-hydrogen) atoms. The van der Waals surface area contributed by atoms with Crippen LogP contribution in [0.5, 0.6) is 0 Å². The molecule has 0 spiro atoms. The van der Waals surface area contributed by atoms with E-state index in [9.17, 15) is 9.59 Å². The fourth-order valence-electron chi connectivity index (χ4n) is 3.84. The Bertz CT molecular complexity index is 836. The number of anilines is 1. The second-order valence-electron chi connectivity index (χ2n) is 8.97. The number of benzene rings is 1. The number of alkyl carbamates (subject to hydrolysis) is 1. The number of carbonyl (C=O) groups excluding carboxylic acids is 2. The van der Waals surface area contributed by atoms with Crippen molar-refractivity contribution < 1.29 is 14.3 Å². The molecule has 2 aromatic rings. The third-order valence-electron chi connectivity index (χ3n) is 5.13. The van der Waals surface area contributed by atoms with Crippen LogP contribution in [0.3, 0.4) is 0 Å². The van der Waals surface area contributed by atoms with Gasteiger partial charge in [-0.15, -0.1) is 11.3 Å². The molecular formula is C23H32N4O3S. The molecule has 3 rings (SSSR count). The van der Waals surface area contributed by atoms with E-state index in [1.54, 1.807) is 6.20 Å². The van der Waals surface area contributed by atoms with Gasteiger partial charge in [-0.1, -0.05) is 30.3 Å². The molecule has 0 aliphatic carbocycles. The lowest BCUT2D eigenvalue weighted by atomic mass is 9.97. The van der Waals surface area contributed by atoms with Gasteiger partial charge in [-0.3, -0.25) is 9.69 Å². The standard InChI is InChI=1S/C23H32N4O3S/c1-23(2,3)30-22(29)25-19-16-27(14-17-8-5-4-6-9-17)15-18(19)10-7-11-20(28)26-21-24-12-13-31-21/h4-6,8-9,12-13,18-19H,7,10-11,14-16H2,1-3H3,(H,25,29)(H,24,26,28)/t18-,19+/m1/s1. The SMILES string of the molecule is CC(C)(C)OC(=O)N[C@H]1CN(Cc2ccccc2)C[C@H]1CCCC(=O)Nc1nccs1. The van der Waals surface area contributed by atoms with Crippen LogP contribution in [0, 0.1) is 5.92 Å². The summed E-state index contributed by atoms with van der Waals surface area (Å²) in [5.41, 5.74) is 0.720. The Balaban J connectivity index is 1.54. The summed E-state index contributed by atoms with van der Waals surface area (Å²) in [5.74, 6) is 0.245. The lowest BCUT2D eigenvalue weighted by molar-refractivity contribution is -0.116.